The Kier molecular flexibility index (Phi) is 3.81. The molecule has 0 amide bonds. The molecule has 0 radical (unpaired) electrons. The first-order valence-corrected chi connectivity index (χ1v) is 5.95. The Hall–Kier alpha value is -1.33. The summed E-state index contributed by atoms with van der Waals surface area (Å²) in [5.41, 5.74) is 1.08. The number of rotatable bonds is 6. The summed E-state index contributed by atoms with van der Waals surface area (Å²) in [6.45, 7) is 3.33. The molecule has 0 aromatic carbocycles. The van der Waals surface area contributed by atoms with Gasteiger partial charge in [0, 0.05) is 31.1 Å². The monoisotopic (exact) mass is 238 g/mol. The molecule has 1 fully saturated rings. The number of aromatic carboxylic acids is 1. The Morgan fingerprint density at radius 1 is 1.65 bits per heavy atom. The molecule has 1 aliphatic carbocycles. The van der Waals surface area contributed by atoms with E-state index >= 15 is 0 Å². The Morgan fingerprint density at radius 3 is 3.06 bits per heavy atom. The minimum Gasteiger partial charge on any atom is -0.478 e. The van der Waals surface area contributed by atoms with E-state index in [1.54, 1.807) is 12.3 Å². The van der Waals surface area contributed by atoms with E-state index in [2.05, 4.69) is 10.3 Å². The lowest BCUT2D eigenvalue weighted by atomic mass is 9.89. The number of nitrogens with one attached hydrogen (secondary N) is 2. The molecule has 1 heterocycles. The third-order valence-electron chi connectivity index (χ3n) is 3.13. The number of carbonyl (C=O) groups is 1. The van der Waals surface area contributed by atoms with Crippen LogP contribution in [0, 0.1) is 0 Å². The highest BCUT2D eigenvalue weighted by Crippen LogP contribution is 2.23. The van der Waals surface area contributed by atoms with Crippen molar-refractivity contribution in [3.8, 4) is 0 Å². The van der Waals surface area contributed by atoms with E-state index in [4.69, 9.17) is 9.84 Å². The molecule has 1 aromatic heterocycles. The average Bonchev–Trinajstić information content (AvgIpc) is 2.69. The number of carboxylic acids is 1. The Balaban J connectivity index is 1.76. The molecule has 17 heavy (non-hydrogen) atoms. The molecule has 0 unspecified atom stereocenters. The van der Waals surface area contributed by atoms with E-state index in [9.17, 15) is 4.79 Å². The van der Waals surface area contributed by atoms with Gasteiger partial charge in [0.15, 0.2) is 0 Å². The van der Waals surface area contributed by atoms with E-state index in [0.29, 0.717) is 24.3 Å². The lowest BCUT2D eigenvalue weighted by Gasteiger charge is -2.35. The van der Waals surface area contributed by atoms with Gasteiger partial charge in [0.05, 0.1) is 11.7 Å². The van der Waals surface area contributed by atoms with Crippen LogP contribution in [0.4, 0.5) is 0 Å². The van der Waals surface area contributed by atoms with Crippen molar-refractivity contribution in [2.75, 3.05) is 6.61 Å². The lowest BCUT2D eigenvalue weighted by molar-refractivity contribution is -0.0103. The molecule has 1 saturated carbocycles. The van der Waals surface area contributed by atoms with Gasteiger partial charge in [-0.2, -0.15) is 0 Å². The minimum atomic E-state index is -0.885. The van der Waals surface area contributed by atoms with E-state index in [1.165, 1.54) is 0 Å². The normalized spacial score (nSPS) is 23.4. The van der Waals surface area contributed by atoms with Gasteiger partial charge in [-0.3, -0.25) is 0 Å². The standard InChI is InChI=1S/C12H18N2O3/c1-2-17-9-5-8(6-9)14-7-11-10(12(15)16)3-4-13-11/h3-4,8-9,13-14H,2,5-7H2,1H3,(H,15,16). The summed E-state index contributed by atoms with van der Waals surface area (Å²) in [7, 11) is 0. The summed E-state index contributed by atoms with van der Waals surface area (Å²) >= 11 is 0. The number of ether oxygens (including phenoxy) is 1. The zero-order chi connectivity index (χ0) is 12.3. The zero-order valence-corrected chi connectivity index (χ0v) is 9.90. The van der Waals surface area contributed by atoms with Crippen molar-refractivity contribution in [1.82, 2.24) is 10.3 Å². The predicted octanol–water partition coefficient (Wildman–Crippen LogP) is 1.37. The van der Waals surface area contributed by atoms with E-state index < -0.39 is 5.97 Å². The summed E-state index contributed by atoms with van der Waals surface area (Å²) in [4.78, 5) is 13.8. The lowest BCUT2D eigenvalue weighted by Crippen LogP contribution is -2.45. The second-order valence-corrected chi connectivity index (χ2v) is 4.30. The maximum Gasteiger partial charge on any atom is 0.337 e. The SMILES string of the molecule is CCOC1CC(NCc2[nH]ccc2C(=O)O)C1. The zero-order valence-electron chi connectivity index (χ0n) is 9.90. The highest BCUT2D eigenvalue weighted by Gasteiger charge is 2.29. The molecular formula is C12H18N2O3. The van der Waals surface area contributed by atoms with Gasteiger partial charge in [-0.05, 0) is 25.8 Å². The molecule has 0 spiro atoms. The van der Waals surface area contributed by atoms with Gasteiger partial charge in [-0.25, -0.2) is 4.79 Å². The molecule has 0 aliphatic heterocycles. The number of H-pyrrole nitrogens is 1. The van der Waals surface area contributed by atoms with Crippen molar-refractivity contribution >= 4 is 5.97 Å². The van der Waals surface area contributed by atoms with E-state index in [-0.39, 0.29) is 0 Å². The van der Waals surface area contributed by atoms with Crippen LogP contribution in [0.2, 0.25) is 0 Å². The van der Waals surface area contributed by atoms with Crippen LogP contribution in [0.5, 0.6) is 0 Å². The van der Waals surface area contributed by atoms with Crippen molar-refractivity contribution in [3.05, 3.63) is 23.5 Å². The Morgan fingerprint density at radius 2 is 2.41 bits per heavy atom. The molecule has 2 rings (SSSR count). The fourth-order valence-corrected chi connectivity index (χ4v) is 2.10. The molecule has 0 atom stereocenters. The minimum absolute atomic E-state index is 0.346. The number of carboxylic acid groups (broad SMARTS) is 1. The van der Waals surface area contributed by atoms with Crippen molar-refractivity contribution in [1.29, 1.82) is 0 Å². The highest BCUT2D eigenvalue weighted by atomic mass is 16.5. The number of aromatic amines is 1. The molecule has 1 aliphatic rings. The highest BCUT2D eigenvalue weighted by molar-refractivity contribution is 5.88. The quantitative estimate of drug-likeness (QED) is 0.699. The van der Waals surface area contributed by atoms with Gasteiger partial charge in [0.25, 0.3) is 0 Å². The van der Waals surface area contributed by atoms with Crippen LogP contribution in [-0.2, 0) is 11.3 Å². The molecular weight excluding hydrogens is 220 g/mol. The first-order valence-electron chi connectivity index (χ1n) is 5.95. The second kappa shape index (κ2) is 5.33. The van der Waals surface area contributed by atoms with Crippen molar-refractivity contribution in [2.45, 2.75) is 38.5 Å². The maximum absolute atomic E-state index is 10.9. The third kappa shape index (κ3) is 2.87. The fourth-order valence-electron chi connectivity index (χ4n) is 2.10. The summed E-state index contributed by atoms with van der Waals surface area (Å²) in [6, 6.07) is 2.03. The van der Waals surface area contributed by atoms with Crippen molar-refractivity contribution in [2.24, 2.45) is 0 Å². The third-order valence-corrected chi connectivity index (χ3v) is 3.13. The van der Waals surface area contributed by atoms with Gasteiger partial charge in [0.2, 0.25) is 0 Å². The van der Waals surface area contributed by atoms with Crippen LogP contribution in [0.3, 0.4) is 0 Å². The number of hydrogen-bond acceptors (Lipinski definition) is 3. The van der Waals surface area contributed by atoms with Crippen molar-refractivity contribution in [3.63, 3.8) is 0 Å². The summed E-state index contributed by atoms with van der Waals surface area (Å²) in [5, 5.41) is 12.3. The average molecular weight is 238 g/mol. The molecule has 3 N–H and O–H groups in total. The van der Waals surface area contributed by atoms with Gasteiger partial charge in [-0.1, -0.05) is 0 Å². The topological polar surface area (TPSA) is 74.3 Å². The second-order valence-electron chi connectivity index (χ2n) is 4.30. The van der Waals surface area contributed by atoms with E-state index in [1.807, 2.05) is 6.92 Å². The van der Waals surface area contributed by atoms with Crippen LogP contribution in [0.25, 0.3) is 0 Å². The van der Waals surface area contributed by atoms with Gasteiger partial charge >= 0.3 is 5.97 Å². The molecule has 5 heteroatoms. The molecule has 5 nitrogen and oxygen atoms in total. The van der Waals surface area contributed by atoms with Crippen LogP contribution >= 0.6 is 0 Å². The van der Waals surface area contributed by atoms with E-state index in [0.717, 1.165) is 25.1 Å². The van der Waals surface area contributed by atoms with Crippen LogP contribution < -0.4 is 5.32 Å². The maximum atomic E-state index is 10.9. The summed E-state index contributed by atoms with van der Waals surface area (Å²) in [5.74, 6) is -0.885. The van der Waals surface area contributed by atoms with Gasteiger partial charge < -0.3 is 20.1 Å². The van der Waals surface area contributed by atoms with Crippen LogP contribution in [0.15, 0.2) is 12.3 Å². The van der Waals surface area contributed by atoms with Gasteiger partial charge in [-0.15, -0.1) is 0 Å². The first kappa shape index (κ1) is 12.1. The first-order chi connectivity index (χ1) is 8.20. The molecule has 0 saturated heterocycles. The van der Waals surface area contributed by atoms with Crippen molar-refractivity contribution < 1.29 is 14.6 Å². The molecule has 94 valence electrons. The van der Waals surface area contributed by atoms with Crippen LogP contribution in [0.1, 0.15) is 35.8 Å². The Labute approximate surface area is 100 Å². The van der Waals surface area contributed by atoms with Gasteiger partial charge in [0.1, 0.15) is 0 Å². The largest absolute Gasteiger partial charge is 0.478 e. The van der Waals surface area contributed by atoms with Crippen LogP contribution in [-0.4, -0.2) is 34.8 Å². The summed E-state index contributed by atoms with van der Waals surface area (Å²) < 4.78 is 5.47. The smallest absolute Gasteiger partial charge is 0.337 e. The Bertz CT molecular complexity index is 383. The molecule has 1 aromatic rings. The number of aromatic nitrogens is 1. The predicted molar refractivity (Wildman–Crippen MR) is 63.0 cm³/mol. The fraction of sp³-hybridized carbons (Fsp3) is 0.583. The molecule has 0 bridgehead atoms. The number of hydrogen-bond donors (Lipinski definition) is 3. The summed E-state index contributed by atoms with van der Waals surface area (Å²) in [6.07, 6.45) is 4.05.